The van der Waals surface area contributed by atoms with E-state index in [0.29, 0.717) is 5.56 Å². The van der Waals surface area contributed by atoms with Gasteiger partial charge in [0.1, 0.15) is 17.7 Å². The Labute approximate surface area is 187 Å². The van der Waals surface area contributed by atoms with Gasteiger partial charge in [-0.2, -0.15) is 4.39 Å². The average Bonchev–Trinajstić information content (AvgIpc) is 2.81. The number of nitrogens with one attached hydrogen (secondary N) is 2. The number of piperidine rings is 1. The van der Waals surface area contributed by atoms with Crippen LogP contribution < -0.4 is 21.1 Å². The van der Waals surface area contributed by atoms with Crippen molar-refractivity contribution < 1.29 is 9.13 Å². The van der Waals surface area contributed by atoms with Crippen LogP contribution in [0.5, 0.6) is 5.75 Å². The lowest BCUT2D eigenvalue weighted by atomic mass is 9.93. The van der Waals surface area contributed by atoms with Gasteiger partial charge in [-0.25, -0.2) is 4.98 Å². The lowest BCUT2D eigenvalue weighted by Gasteiger charge is -2.24. The molecule has 0 unspecified atom stereocenters. The largest absolute Gasteiger partial charge is 0.489 e. The number of benzene rings is 2. The summed E-state index contributed by atoms with van der Waals surface area (Å²) in [6.07, 6.45) is 3.23. The molecule has 6 heteroatoms. The Morgan fingerprint density at radius 3 is 2.59 bits per heavy atom. The molecule has 5 nitrogen and oxygen atoms in total. The number of rotatable bonds is 4. The van der Waals surface area contributed by atoms with Gasteiger partial charge in [0.2, 0.25) is 5.95 Å². The van der Waals surface area contributed by atoms with Gasteiger partial charge >= 0.3 is 0 Å². The maximum atomic E-state index is 14.8. The summed E-state index contributed by atoms with van der Waals surface area (Å²) in [6.45, 7) is 6.82. The minimum absolute atomic E-state index is 0.173. The second-order valence-electron chi connectivity index (χ2n) is 8.40. The summed E-state index contributed by atoms with van der Waals surface area (Å²) in [7, 11) is 0. The van der Waals surface area contributed by atoms with Crippen molar-refractivity contribution >= 4 is 11.5 Å². The van der Waals surface area contributed by atoms with E-state index in [9.17, 15) is 4.39 Å². The lowest BCUT2D eigenvalue weighted by molar-refractivity contribution is 0.167. The molecule has 0 spiro atoms. The van der Waals surface area contributed by atoms with Crippen molar-refractivity contribution in [2.24, 2.45) is 0 Å². The number of fused-ring (bicyclic) bond motifs is 1. The molecule has 5 rings (SSSR count). The molecule has 0 amide bonds. The van der Waals surface area contributed by atoms with Gasteiger partial charge in [-0.1, -0.05) is 36.9 Å². The third-order valence-electron chi connectivity index (χ3n) is 6.20. The highest BCUT2D eigenvalue weighted by molar-refractivity contribution is 5.81. The quantitative estimate of drug-likeness (QED) is 0.536. The van der Waals surface area contributed by atoms with Gasteiger partial charge < -0.3 is 21.1 Å². The van der Waals surface area contributed by atoms with E-state index in [0.717, 1.165) is 72.6 Å². The second-order valence-corrected chi connectivity index (χ2v) is 8.40. The fraction of sp³-hybridized carbons (Fsp3) is 0.269. The van der Waals surface area contributed by atoms with E-state index in [4.69, 9.17) is 10.5 Å². The van der Waals surface area contributed by atoms with Crippen LogP contribution in [-0.2, 0) is 6.42 Å². The topological polar surface area (TPSA) is 72.2 Å². The monoisotopic (exact) mass is 430 g/mol. The van der Waals surface area contributed by atoms with E-state index in [2.05, 4.69) is 28.3 Å². The zero-order valence-electron chi connectivity index (χ0n) is 18.0. The summed E-state index contributed by atoms with van der Waals surface area (Å²) in [6, 6.07) is 15.4. The van der Waals surface area contributed by atoms with E-state index in [1.807, 2.05) is 36.4 Å². The number of halogens is 1. The van der Waals surface area contributed by atoms with Crippen LogP contribution in [-0.4, -0.2) is 30.7 Å². The molecule has 164 valence electrons. The standard InChI is InChI=1S/C26H27FN4O/c1-16-22-9-6-18(13-19(22)10-12-30-16)24-14-23(25(27)31-26(24)28)17-4-7-20(8-5-17)32-21-3-2-11-29-15-21/h4-9,13-14,21,29-30H,1-3,10-12,15H2,(H2,28,31)/t21-/m0/s1. The number of aromatic nitrogens is 1. The first-order chi connectivity index (χ1) is 15.6. The number of anilines is 1. The van der Waals surface area contributed by atoms with Crippen molar-refractivity contribution in [1.82, 2.24) is 15.6 Å². The third kappa shape index (κ3) is 4.06. The normalized spacial score (nSPS) is 18.0. The SMILES string of the molecule is C=C1NCCc2cc(-c3cc(-c4ccc(O[C@H]5CCCNC5)cc4)c(F)nc3N)ccc21. The van der Waals surface area contributed by atoms with Gasteiger partial charge in [-0.15, -0.1) is 0 Å². The number of nitrogens with zero attached hydrogens (tertiary/aromatic N) is 1. The number of ether oxygens (including phenoxy) is 1. The maximum Gasteiger partial charge on any atom is 0.222 e. The van der Waals surface area contributed by atoms with Gasteiger partial charge in [-0.3, -0.25) is 0 Å². The van der Waals surface area contributed by atoms with E-state index >= 15 is 0 Å². The molecular weight excluding hydrogens is 403 g/mol. The van der Waals surface area contributed by atoms with Crippen LogP contribution in [0.15, 0.2) is 55.1 Å². The molecule has 3 heterocycles. The Hall–Kier alpha value is -3.38. The Bertz CT molecular complexity index is 1150. The number of pyridine rings is 1. The first-order valence-electron chi connectivity index (χ1n) is 11.1. The Morgan fingerprint density at radius 2 is 1.81 bits per heavy atom. The molecule has 2 aliphatic rings. The molecule has 3 aromatic rings. The van der Waals surface area contributed by atoms with Gasteiger partial charge in [0, 0.05) is 35.5 Å². The minimum Gasteiger partial charge on any atom is -0.489 e. The van der Waals surface area contributed by atoms with E-state index in [1.54, 1.807) is 6.07 Å². The first-order valence-corrected chi connectivity index (χ1v) is 11.1. The van der Waals surface area contributed by atoms with Crippen LogP contribution in [0.1, 0.15) is 24.0 Å². The molecule has 1 fully saturated rings. The van der Waals surface area contributed by atoms with E-state index in [1.165, 1.54) is 5.56 Å². The van der Waals surface area contributed by atoms with Gasteiger partial charge in [0.25, 0.3) is 0 Å². The second kappa shape index (κ2) is 8.63. The highest BCUT2D eigenvalue weighted by Crippen LogP contribution is 2.34. The zero-order valence-corrected chi connectivity index (χ0v) is 18.0. The molecule has 32 heavy (non-hydrogen) atoms. The summed E-state index contributed by atoms with van der Waals surface area (Å²) >= 11 is 0. The highest BCUT2D eigenvalue weighted by atomic mass is 19.1. The van der Waals surface area contributed by atoms with Gasteiger partial charge in [0.05, 0.1) is 0 Å². The number of hydrogen-bond donors (Lipinski definition) is 3. The fourth-order valence-corrected chi connectivity index (χ4v) is 4.47. The number of hydrogen-bond acceptors (Lipinski definition) is 5. The fourth-order valence-electron chi connectivity index (χ4n) is 4.47. The van der Waals surface area contributed by atoms with Crippen molar-refractivity contribution in [1.29, 1.82) is 0 Å². The molecule has 0 bridgehead atoms. The Kier molecular flexibility index (Phi) is 5.53. The van der Waals surface area contributed by atoms with Crippen molar-refractivity contribution in [3.63, 3.8) is 0 Å². The summed E-state index contributed by atoms with van der Waals surface area (Å²) < 4.78 is 20.8. The van der Waals surface area contributed by atoms with Gasteiger partial charge in [-0.05, 0) is 60.7 Å². The molecule has 0 aliphatic carbocycles. The summed E-state index contributed by atoms with van der Waals surface area (Å²) in [5.74, 6) is 0.394. The number of nitrogens with two attached hydrogens (primary N) is 1. The predicted octanol–water partition coefficient (Wildman–Crippen LogP) is 4.38. The molecule has 1 aromatic heterocycles. The summed E-state index contributed by atoms with van der Waals surface area (Å²) in [5, 5.41) is 6.63. The molecular formula is C26H27FN4O. The van der Waals surface area contributed by atoms with Crippen LogP contribution in [0.2, 0.25) is 0 Å². The lowest BCUT2D eigenvalue weighted by Crippen LogP contribution is -2.37. The molecule has 0 radical (unpaired) electrons. The van der Waals surface area contributed by atoms with E-state index < -0.39 is 5.95 Å². The van der Waals surface area contributed by atoms with Crippen LogP contribution >= 0.6 is 0 Å². The zero-order chi connectivity index (χ0) is 22.1. The Balaban J connectivity index is 1.44. The van der Waals surface area contributed by atoms with Crippen molar-refractivity contribution in [2.45, 2.75) is 25.4 Å². The van der Waals surface area contributed by atoms with Crippen LogP contribution in [0.4, 0.5) is 10.2 Å². The molecule has 2 aliphatic heterocycles. The third-order valence-corrected chi connectivity index (χ3v) is 6.20. The first kappa shape index (κ1) is 20.5. The molecule has 1 atom stereocenters. The molecule has 4 N–H and O–H groups in total. The number of nitrogen functional groups attached to an aromatic ring is 1. The van der Waals surface area contributed by atoms with Crippen LogP contribution in [0.25, 0.3) is 28.0 Å². The minimum atomic E-state index is -0.577. The van der Waals surface area contributed by atoms with Crippen molar-refractivity contribution in [2.75, 3.05) is 25.4 Å². The molecule has 2 aromatic carbocycles. The summed E-state index contributed by atoms with van der Waals surface area (Å²) in [4.78, 5) is 4.01. The predicted molar refractivity (Wildman–Crippen MR) is 127 cm³/mol. The maximum absolute atomic E-state index is 14.8. The van der Waals surface area contributed by atoms with Crippen molar-refractivity contribution in [3.8, 4) is 28.0 Å². The highest BCUT2D eigenvalue weighted by Gasteiger charge is 2.18. The molecule has 0 saturated carbocycles. The molecule has 1 saturated heterocycles. The van der Waals surface area contributed by atoms with Crippen LogP contribution in [0.3, 0.4) is 0 Å². The smallest absolute Gasteiger partial charge is 0.222 e. The summed E-state index contributed by atoms with van der Waals surface area (Å²) in [5.41, 5.74) is 12.2. The van der Waals surface area contributed by atoms with E-state index in [-0.39, 0.29) is 11.9 Å². The van der Waals surface area contributed by atoms with Crippen LogP contribution in [0, 0.1) is 5.95 Å². The average molecular weight is 431 g/mol. The Morgan fingerprint density at radius 1 is 1.00 bits per heavy atom. The van der Waals surface area contributed by atoms with Crippen molar-refractivity contribution in [3.05, 3.63) is 72.2 Å². The van der Waals surface area contributed by atoms with Gasteiger partial charge in [0.15, 0.2) is 0 Å².